The Morgan fingerprint density at radius 3 is 1.75 bits per heavy atom. The van der Waals surface area contributed by atoms with Crippen molar-refractivity contribution in [2.24, 2.45) is 11.8 Å². The van der Waals surface area contributed by atoms with Gasteiger partial charge in [0.05, 0.1) is 0 Å². The number of carboxylic acid groups (broad SMARTS) is 2. The van der Waals surface area contributed by atoms with E-state index < -0.39 is 17.9 Å². The summed E-state index contributed by atoms with van der Waals surface area (Å²) in [6, 6.07) is 0. The molecule has 68 valence electrons. The van der Waals surface area contributed by atoms with Crippen LogP contribution < -0.4 is 0 Å². The fourth-order valence-corrected chi connectivity index (χ4v) is 0.828. The maximum absolute atomic E-state index is 10.4. The molecule has 0 amide bonds. The summed E-state index contributed by atoms with van der Waals surface area (Å²) in [7, 11) is 0. The average molecular weight is 202 g/mol. The molecule has 0 rings (SSSR count). The standard InChI is InChI=1S/C7H12O4.Ca.2H/c1-3-4(2)5(6(8)9)7(10)11;;;/h4-5H,3H2,1-2H3,(H,8,9)(H,10,11);;;/q;+2;2*-1. The van der Waals surface area contributed by atoms with Crippen LogP contribution in [0.2, 0.25) is 0 Å². The third kappa shape index (κ3) is 4.28. The zero-order valence-electron chi connectivity index (χ0n) is 9.28. The van der Waals surface area contributed by atoms with Crippen molar-refractivity contribution < 1.29 is 22.7 Å². The summed E-state index contributed by atoms with van der Waals surface area (Å²) in [6.45, 7) is 3.39. The number of hydrogen-bond donors (Lipinski definition) is 2. The number of carbonyl (C=O) groups is 2. The largest absolute Gasteiger partial charge is 2.00 e. The SMILES string of the molecule is CCC(C)C(C(=O)O)C(=O)O.[Ca+2].[H-].[H-]. The van der Waals surface area contributed by atoms with Gasteiger partial charge in [-0.3, -0.25) is 9.59 Å². The minimum absolute atomic E-state index is 0. The molecule has 0 aromatic carbocycles. The summed E-state index contributed by atoms with van der Waals surface area (Å²) in [5.74, 6) is -4.09. The summed E-state index contributed by atoms with van der Waals surface area (Å²) in [5, 5.41) is 16.9. The second-order valence-corrected chi connectivity index (χ2v) is 2.54. The van der Waals surface area contributed by atoms with Crippen LogP contribution >= 0.6 is 0 Å². The fourth-order valence-electron chi connectivity index (χ4n) is 0.828. The Kier molecular flexibility index (Phi) is 8.20. The molecule has 0 aliphatic rings. The zero-order chi connectivity index (χ0) is 9.02. The van der Waals surface area contributed by atoms with E-state index in [0.717, 1.165) is 0 Å². The predicted molar refractivity (Wildman–Crippen MR) is 46.2 cm³/mol. The molecule has 0 radical (unpaired) electrons. The van der Waals surface area contributed by atoms with Crippen molar-refractivity contribution >= 4 is 49.7 Å². The smallest absolute Gasteiger partial charge is 1.00 e. The van der Waals surface area contributed by atoms with Crippen LogP contribution in [0, 0.1) is 11.8 Å². The van der Waals surface area contributed by atoms with E-state index in [-0.39, 0.29) is 46.5 Å². The minimum Gasteiger partial charge on any atom is -1.00 e. The summed E-state index contributed by atoms with van der Waals surface area (Å²) in [6.07, 6.45) is 0.559. The summed E-state index contributed by atoms with van der Waals surface area (Å²) < 4.78 is 0. The Morgan fingerprint density at radius 1 is 1.33 bits per heavy atom. The molecule has 1 atom stereocenters. The molecule has 12 heavy (non-hydrogen) atoms. The van der Waals surface area contributed by atoms with Crippen molar-refractivity contribution in [3.8, 4) is 0 Å². The molecule has 4 nitrogen and oxygen atoms in total. The Morgan fingerprint density at radius 2 is 1.67 bits per heavy atom. The van der Waals surface area contributed by atoms with Gasteiger partial charge in [0, 0.05) is 0 Å². The molecule has 2 N–H and O–H groups in total. The molecule has 0 fully saturated rings. The predicted octanol–water partition coefficient (Wildman–Crippen LogP) is 0.662. The average Bonchev–Trinajstić information content (AvgIpc) is 1.85. The molecule has 0 aromatic rings. The zero-order valence-corrected chi connectivity index (χ0v) is 9.49. The minimum atomic E-state index is -1.26. The van der Waals surface area contributed by atoms with Crippen LogP contribution in [-0.2, 0) is 9.59 Å². The second-order valence-electron chi connectivity index (χ2n) is 2.54. The van der Waals surface area contributed by atoms with Crippen molar-refractivity contribution in [1.82, 2.24) is 0 Å². The first-order chi connectivity index (χ1) is 5.00. The van der Waals surface area contributed by atoms with Gasteiger partial charge in [-0.15, -0.1) is 0 Å². The van der Waals surface area contributed by atoms with Crippen LogP contribution in [0.25, 0.3) is 0 Å². The Balaban J connectivity index is -0.000000167. The molecule has 0 saturated carbocycles. The molecule has 0 bridgehead atoms. The fraction of sp³-hybridized carbons (Fsp3) is 0.714. The van der Waals surface area contributed by atoms with E-state index in [0.29, 0.717) is 6.42 Å². The maximum atomic E-state index is 10.4. The number of rotatable bonds is 4. The van der Waals surface area contributed by atoms with Crippen LogP contribution in [0.15, 0.2) is 0 Å². The molecule has 5 heteroatoms. The van der Waals surface area contributed by atoms with Gasteiger partial charge in [0.2, 0.25) is 0 Å². The molecule has 0 aromatic heterocycles. The van der Waals surface area contributed by atoms with Crippen molar-refractivity contribution in [2.75, 3.05) is 0 Å². The molecule has 0 aliphatic carbocycles. The summed E-state index contributed by atoms with van der Waals surface area (Å²) in [5.41, 5.74) is 0. The van der Waals surface area contributed by atoms with E-state index in [1.54, 1.807) is 13.8 Å². The van der Waals surface area contributed by atoms with Gasteiger partial charge in [-0.1, -0.05) is 20.3 Å². The van der Waals surface area contributed by atoms with Crippen LogP contribution in [0.4, 0.5) is 0 Å². The molecule has 1 unspecified atom stereocenters. The monoisotopic (exact) mass is 202 g/mol. The van der Waals surface area contributed by atoms with Gasteiger partial charge in [0.1, 0.15) is 0 Å². The number of carboxylic acids is 2. The van der Waals surface area contributed by atoms with Crippen molar-refractivity contribution in [3.63, 3.8) is 0 Å². The van der Waals surface area contributed by atoms with Crippen LogP contribution in [0.1, 0.15) is 23.1 Å². The van der Waals surface area contributed by atoms with Gasteiger partial charge in [-0.2, -0.15) is 0 Å². The first kappa shape index (κ1) is 14.7. The van der Waals surface area contributed by atoms with Gasteiger partial charge >= 0.3 is 49.7 Å². The topological polar surface area (TPSA) is 74.6 Å². The summed E-state index contributed by atoms with van der Waals surface area (Å²) >= 11 is 0. The molecule has 0 saturated heterocycles. The first-order valence-electron chi connectivity index (χ1n) is 3.46. The first-order valence-corrected chi connectivity index (χ1v) is 3.46. The van der Waals surface area contributed by atoms with E-state index in [1.165, 1.54) is 0 Å². The van der Waals surface area contributed by atoms with Crippen molar-refractivity contribution in [2.45, 2.75) is 20.3 Å². The summed E-state index contributed by atoms with van der Waals surface area (Å²) in [4.78, 5) is 20.7. The Labute approximate surface area is 104 Å². The quantitative estimate of drug-likeness (QED) is 0.519. The van der Waals surface area contributed by atoms with E-state index in [9.17, 15) is 9.59 Å². The maximum Gasteiger partial charge on any atom is 2.00 e. The van der Waals surface area contributed by atoms with E-state index in [1.807, 2.05) is 0 Å². The van der Waals surface area contributed by atoms with Gasteiger partial charge in [0.25, 0.3) is 0 Å². The molecule has 0 spiro atoms. The van der Waals surface area contributed by atoms with Gasteiger partial charge in [-0.25, -0.2) is 0 Å². The molecular weight excluding hydrogens is 188 g/mol. The van der Waals surface area contributed by atoms with Gasteiger partial charge in [-0.05, 0) is 5.92 Å². The van der Waals surface area contributed by atoms with E-state index in [2.05, 4.69) is 0 Å². The molecule has 0 heterocycles. The Hall–Kier alpha value is 0.200. The Bertz CT molecular complexity index is 163. The van der Waals surface area contributed by atoms with Crippen molar-refractivity contribution in [1.29, 1.82) is 0 Å². The third-order valence-corrected chi connectivity index (χ3v) is 1.75. The van der Waals surface area contributed by atoms with Gasteiger partial charge in [0.15, 0.2) is 5.92 Å². The number of aliphatic carboxylic acids is 2. The normalized spacial score (nSPS) is 11.9. The van der Waals surface area contributed by atoms with E-state index >= 15 is 0 Å². The van der Waals surface area contributed by atoms with Gasteiger partial charge < -0.3 is 13.1 Å². The van der Waals surface area contributed by atoms with Crippen LogP contribution in [-0.4, -0.2) is 59.9 Å². The second kappa shape index (κ2) is 6.69. The van der Waals surface area contributed by atoms with E-state index in [4.69, 9.17) is 10.2 Å². The van der Waals surface area contributed by atoms with Crippen molar-refractivity contribution in [3.05, 3.63) is 0 Å². The van der Waals surface area contributed by atoms with Crippen LogP contribution in [0.3, 0.4) is 0 Å². The third-order valence-electron chi connectivity index (χ3n) is 1.75. The van der Waals surface area contributed by atoms with Crippen LogP contribution in [0.5, 0.6) is 0 Å². The molecular formula is C7H14CaO4. The molecule has 0 aliphatic heterocycles. The number of hydrogen-bond acceptors (Lipinski definition) is 2.